The third-order valence-electron chi connectivity index (χ3n) is 6.36. The van der Waals surface area contributed by atoms with Gasteiger partial charge in [-0.2, -0.15) is 5.26 Å². The van der Waals surface area contributed by atoms with Crippen LogP contribution in [-0.4, -0.2) is 49.1 Å². The molecule has 5 rings (SSSR count). The Labute approximate surface area is 218 Å². The van der Waals surface area contributed by atoms with E-state index in [1.54, 1.807) is 13.3 Å². The van der Waals surface area contributed by atoms with Crippen molar-refractivity contribution in [2.75, 3.05) is 38.8 Å². The summed E-state index contributed by atoms with van der Waals surface area (Å²) in [7, 11) is 3.07. The number of benzene rings is 2. The van der Waals surface area contributed by atoms with Crippen LogP contribution in [0.4, 0.5) is 5.69 Å². The Morgan fingerprint density at radius 1 is 1.27 bits per heavy atom. The van der Waals surface area contributed by atoms with Crippen molar-refractivity contribution in [3.63, 3.8) is 0 Å². The summed E-state index contributed by atoms with van der Waals surface area (Å²) in [6.07, 6.45) is 3.83. The van der Waals surface area contributed by atoms with Gasteiger partial charge in [0.15, 0.2) is 10.9 Å². The maximum atomic E-state index is 9.07. The molecule has 1 atom stereocenters. The zero-order valence-electron chi connectivity index (χ0n) is 20.6. The molecule has 2 aromatic heterocycles. The van der Waals surface area contributed by atoms with Crippen LogP contribution in [0.25, 0.3) is 22.4 Å². The smallest absolute Gasteiger partial charge is 0.250 e. The number of ether oxygens (including phenoxy) is 3. The van der Waals surface area contributed by atoms with E-state index in [2.05, 4.69) is 20.9 Å². The molecule has 3 heterocycles. The van der Waals surface area contributed by atoms with Gasteiger partial charge in [0.1, 0.15) is 22.8 Å². The molecule has 10 heteroatoms. The number of piperidine rings is 1. The second kappa shape index (κ2) is 10.9. The van der Waals surface area contributed by atoms with Gasteiger partial charge in [-0.1, -0.05) is 0 Å². The molecule has 4 aromatic rings. The normalized spacial score (nSPS) is 15.4. The van der Waals surface area contributed by atoms with Crippen molar-refractivity contribution in [1.82, 2.24) is 9.97 Å². The third kappa shape index (κ3) is 5.52. The Hall–Kier alpha value is -4.10. The number of methoxy groups -OCH3 is 2. The van der Waals surface area contributed by atoms with E-state index in [0.717, 1.165) is 48.8 Å². The van der Waals surface area contributed by atoms with Gasteiger partial charge in [-0.15, -0.1) is 0 Å². The highest BCUT2D eigenvalue weighted by molar-refractivity contribution is 8.13. The number of nitriles is 1. The molecule has 1 aliphatic rings. The minimum Gasteiger partial charge on any atom is -0.496 e. The average molecular weight is 518 g/mol. The van der Waals surface area contributed by atoms with Gasteiger partial charge in [-0.3, -0.25) is 5.41 Å². The number of hydrogen-bond donors (Lipinski definition) is 2. The Balaban J connectivity index is 1.32. The molecule has 1 saturated heterocycles. The van der Waals surface area contributed by atoms with Crippen LogP contribution in [0.2, 0.25) is 0 Å². The monoisotopic (exact) mass is 517 g/mol. The number of nitrogens with zero attached hydrogens (tertiary/aromatic N) is 3. The zero-order valence-corrected chi connectivity index (χ0v) is 21.4. The van der Waals surface area contributed by atoms with E-state index >= 15 is 0 Å². The van der Waals surface area contributed by atoms with E-state index in [0.29, 0.717) is 51.8 Å². The van der Waals surface area contributed by atoms with Crippen LogP contribution < -0.4 is 14.4 Å². The Morgan fingerprint density at radius 2 is 2.11 bits per heavy atom. The Kier molecular flexibility index (Phi) is 7.23. The largest absolute Gasteiger partial charge is 0.496 e. The van der Waals surface area contributed by atoms with Crippen LogP contribution in [-0.2, 0) is 4.74 Å². The molecule has 0 radical (unpaired) electrons. The van der Waals surface area contributed by atoms with Gasteiger partial charge in [0.2, 0.25) is 0 Å². The molecule has 1 fully saturated rings. The number of fused-ring (bicyclic) bond motifs is 1. The predicted molar refractivity (Wildman–Crippen MR) is 143 cm³/mol. The van der Waals surface area contributed by atoms with E-state index in [-0.39, 0.29) is 5.23 Å². The van der Waals surface area contributed by atoms with E-state index in [1.165, 1.54) is 7.11 Å². The van der Waals surface area contributed by atoms with Crippen molar-refractivity contribution < 1.29 is 18.6 Å². The summed E-state index contributed by atoms with van der Waals surface area (Å²) in [5, 5.41) is 18.2. The lowest BCUT2D eigenvalue weighted by Crippen LogP contribution is -2.37. The van der Waals surface area contributed by atoms with Crippen LogP contribution in [0.5, 0.6) is 11.5 Å². The maximum Gasteiger partial charge on any atom is 0.250 e. The number of imidazole rings is 1. The van der Waals surface area contributed by atoms with Crippen LogP contribution >= 0.6 is 11.8 Å². The summed E-state index contributed by atoms with van der Waals surface area (Å²) in [5.74, 6) is 2.33. The molecular weight excluding hydrogens is 490 g/mol. The molecule has 0 spiro atoms. The van der Waals surface area contributed by atoms with Crippen molar-refractivity contribution in [3.8, 4) is 29.0 Å². The molecule has 190 valence electrons. The molecule has 0 aliphatic carbocycles. The molecule has 0 bridgehead atoms. The lowest BCUT2D eigenvalue weighted by atomic mass is 9.98. The van der Waals surface area contributed by atoms with Crippen LogP contribution in [0, 0.1) is 22.7 Å². The first kappa shape index (κ1) is 24.6. The van der Waals surface area contributed by atoms with Gasteiger partial charge in [0, 0.05) is 48.6 Å². The first-order chi connectivity index (χ1) is 18.1. The lowest BCUT2D eigenvalue weighted by molar-refractivity contribution is 0.230. The minimum absolute atomic E-state index is 0.0476. The molecule has 1 aliphatic heterocycles. The quantitative estimate of drug-likeness (QED) is 0.183. The van der Waals surface area contributed by atoms with Crippen molar-refractivity contribution in [2.24, 2.45) is 5.92 Å². The van der Waals surface area contributed by atoms with Crippen LogP contribution in [0.15, 0.2) is 58.2 Å². The fraction of sp³-hybridized carbons (Fsp3) is 0.296. The number of nitrogens with one attached hydrogen (secondary N) is 2. The molecule has 37 heavy (non-hydrogen) atoms. The van der Waals surface area contributed by atoms with E-state index in [4.69, 9.17) is 29.3 Å². The summed E-state index contributed by atoms with van der Waals surface area (Å²) >= 11 is 1.09. The van der Waals surface area contributed by atoms with Crippen molar-refractivity contribution in [2.45, 2.75) is 18.0 Å². The highest BCUT2D eigenvalue weighted by Gasteiger charge is 2.22. The second-order valence-electron chi connectivity index (χ2n) is 8.77. The van der Waals surface area contributed by atoms with Gasteiger partial charge in [0.25, 0.3) is 5.23 Å². The van der Waals surface area contributed by atoms with Gasteiger partial charge >= 0.3 is 0 Å². The summed E-state index contributed by atoms with van der Waals surface area (Å²) in [5.41, 5.74) is 3.14. The molecule has 0 unspecified atom stereocenters. The topological polar surface area (TPSA) is 120 Å². The fourth-order valence-corrected chi connectivity index (χ4v) is 4.98. The molecule has 0 saturated carbocycles. The second-order valence-corrected chi connectivity index (χ2v) is 9.73. The van der Waals surface area contributed by atoms with Gasteiger partial charge < -0.3 is 28.5 Å². The van der Waals surface area contributed by atoms with E-state index in [9.17, 15) is 0 Å². The fourth-order valence-electron chi connectivity index (χ4n) is 4.45. The molecular formula is C27H27N5O4S. The SMILES string of the molecule is COC(=N)Sc1ncc(-c2cc3c(OC[C@H]4CCCN(c5ccc(C#N)cc5)C4)cc(OC)cc3o2)[nH]1. The minimum atomic E-state index is 0.0476. The number of H-pyrrole nitrogens is 1. The van der Waals surface area contributed by atoms with Crippen LogP contribution in [0.1, 0.15) is 18.4 Å². The first-order valence-electron chi connectivity index (χ1n) is 11.9. The molecule has 9 nitrogen and oxygen atoms in total. The van der Waals surface area contributed by atoms with E-state index in [1.807, 2.05) is 42.5 Å². The summed E-state index contributed by atoms with van der Waals surface area (Å²) in [6.45, 7) is 2.45. The molecule has 0 amide bonds. The van der Waals surface area contributed by atoms with Gasteiger partial charge in [0.05, 0.1) is 44.0 Å². The number of anilines is 1. The first-order valence-corrected chi connectivity index (χ1v) is 12.7. The summed E-state index contributed by atoms with van der Waals surface area (Å²) in [4.78, 5) is 9.81. The maximum absolute atomic E-state index is 9.07. The standard InChI is InChI=1S/C27H27N5O4S/c1-33-20-10-23(35-16-18-4-3-9-32(15-18)19-7-5-17(13-28)6-8-19)21-12-25(36-24(21)11-20)22-14-30-27(31-22)37-26(29)34-2/h5-8,10-12,14,18,29H,3-4,9,15-16H2,1-2H3,(H,30,31)/t18-/m0/s1. The number of aromatic nitrogens is 2. The lowest BCUT2D eigenvalue weighted by Gasteiger charge is -2.34. The van der Waals surface area contributed by atoms with Gasteiger partial charge in [-0.25, -0.2) is 4.98 Å². The van der Waals surface area contributed by atoms with Crippen molar-refractivity contribution in [3.05, 3.63) is 54.2 Å². The Morgan fingerprint density at radius 3 is 2.86 bits per heavy atom. The van der Waals surface area contributed by atoms with Crippen molar-refractivity contribution in [1.29, 1.82) is 10.7 Å². The summed E-state index contributed by atoms with van der Waals surface area (Å²) < 4.78 is 22.9. The number of furan rings is 1. The average Bonchev–Trinajstić information content (AvgIpc) is 3.59. The number of thioether (sulfide) groups is 1. The zero-order chi connectivity index (χ0) is 25.8. The Bertz CT molecular complexity index is 1440. The molecule has 2 N–H and O–H groups in total. The number of rotatable bonds is 7. The highest BCUT2D eigenvalue weighted by atomic mass is 32.2. The highest BCUT2D eigenvalue weighted by Crippen LogP contribution is 2.37. The predicted octanol–water partition coefficient (Wildman–Crippen LogP) is 5.67. The van der Waals surface area contributed by atoms with Crippen LogP contribution in [0.3, 0.4) is 0 Å². The third-order valence-corrected chi connectivity index (χ3v) is 7.11. The summed E-state index contributed by atoms with van der Waals surface area (Å²) in [6, 6.07) is 15.6. The van der Waals surface area contributed by atoms with E-state index < -0.39 is 0 Å². The van der Waals surface area contributed by atoms with Crippen molar-refractivity contribution >= 4 is 33.6 Å². The number of hydrogen-bond acceptors (Lipinski definition) is 9. The molecule has 2 aromatic carbocycles. The van der Waals surface area contributed by atoms with Gasteiger partial charge in [-0.05, 0) is 43.2 Å². The number of aromatic amines is 1.